The Morgan fingerprint density at radius 2 is 1.11 bits per heavy atom. The second-order valence-corrected chi connectivity index (χ2v) is 14.1. The Balaban J connectivity index is 1.16. The molecule has 0 saturated heterocycles. The lowest BCUT2D eigenvalue weighted by Gasteiger charge is -2.12. The average Bonchev–Trinajstić information content (AvgIpc) is 3.92. The molecule has 55 heavy (non-hydrogen) atoms. The first-order valence-corrected chi connectivity index (χ1v) is 18.5. The molecule has 0 bridgehead atoms. The van der Waals surface area contributed by atoms with Gasteiger partial charge in [-0.15, -0.1) is 0 Å². The smallest absolute Gasteiger partial charge is 0.180 e. The lowest BCUT2D eigenvalue weighted by atomic mass is 10.0. The van der Waals surface area contributed by atoms with Crippen LogP contribution in [0.25, 0.3) is 116 Å². The van der Waals surface area contributed by atoms with Crippen LogP contribution in [-0.4, -0.2) is 14.5 Å². The van der Waals surface area contributed by atoms with Crippen molar-refractivity contribution in [1.82, 2.24) is 14.5 Å². The van der Waals surface area contributed by atoms with Crippen LogP contribution in [0.4, 0.5) is 0 Å². The van der Waals surface area contributed by atoms with Crippen LogP contribution < -0.4 is 0 Å². The van der Waals surface area contributed by atoms with Gasteiger partial charge in [-0.05, 0) is 70.4 Å². The lowest BCUT2D eigenvalue weighted by Crippen LogP contribution is -1.98. The molecule has 5 nitrogen and oxygen atoms in total. The number of nitrogens with zero attached hydrogens (tertiary/aromatic N) is 3. The predicted octanol–water partition coefficient (Wildman–Crippen LogP) is 13.5. The van der Waals surface area contributed by atoms with Gasteiger partial charge in [-0.25, -0.2) is 9.97 Å². The summed E-state index contributed by atoms with van der Waals surface area (Å²) in [5, 5.41) is 7.72. The molecule has 8 aromatic carbocycles. The molecule has 12 aromatic rings. The highest BCUT2D eigenvalue weighted by atomic mass is 16.3. The zero-order chi connectivity index (χ0) is 36.0. The molecular weight excluding hydrogens is 675 g/mol. The van der Waals surface area contributed by atoms with Crippen LogP contribution in [-0.2, 0) is 0 Å². The zero-order valence-electron chi connectivity index (χ0n) is 29.4. The van der Waals surface area contributed by atoms with Crippen molar-refractivity contribution in [2.75, 3.05) is 0 Å². The van der Waals surface area contributed by atoms with E-state index in [9.17, 15) is 0 Å². The third kappa shape index (κ3) is 4.47. The zero-order valence-corrected chi connectivity index (χ0v) is 29.4. The van der Waals surface area contributed by atoms with Crippen LogP contribution in [0.3, 0.4) is 0 Å². The summed E-state index contributed by atoms with van der Waals surface area (Å²) in [5.41, 5.74) is 11.8. The first kappa shape index (κ1) is 30.0. The fourth-order valence-corrected chi connectivity index (χ4v) is 8.46. The van der Waals surface area contributed by atoms with E-state index >= 15 is 0 Å². The fourth-order valence-electron chi connectivity index (χ4n) is 8.46. The van der Waals surface area contributed by atoms with Crippen LogP contribution in [0.15, 0.2) is 185 Å². The molecule has 0 unspecified atom stereocenters. The quantitative estimate of drug-likeness (QED) is 0.183. The van der Waals surface area contributed by atoms with Crippen molar-refractivity contribution in [3.63, 3.8) is 0 Å². The number of aromatic nitrogens is 3. The third-order valence-electron chi connectivity index (χ3n) is 11.0. The minimum absolute atomic E-state index is 0.609. The van der Waals surface area contributed by atoms with Crippen molar-refractivity contribution in [1.29, 1.82) is 0 Å². The molecule has 0 aliphatic heterocycles. The number of benzene rings is 8. The van der Waals surface area contributed by atoms with Gasteiger partial charge in [-0.3, -0.25) is 0 Å². The maximum atomic E-state index is 6.87. The Kier molecular flexibility index (Phi) is 6.27. The standard InChI is InChI=1S/C50H29N3O2/c1-3-13-30(14-4-1)34-23-24-37-44(29-34)55-49-46(31-15-5-2-6-16-31)51-50(52-47(37)49)38-25-26-41(48-45(38)36-20-10-12-22-43(36)54-48)53-40-21-11-9-19-35(40)39-27-32-17-7-8-18-33(32)28-42(39)53/h1-29H. The molecule has 0 saturated carbocycles. The van der Waals surface area contributed by atoms with Crippen molar-refractivity contribution in [3.8, 4) is 39.5 Å². The Bertz CT molecular complexity index is 3480. The van der Waals surface area contributed by atoms with E-state index in [0.717, 1.165) is 83.1 Å². The number of hydrogen-bond donors (Lipinski definition) is 0. The van der Waals surface area contributed by atoms with Gasteiger partial charge in [0.2, 0.25) is 0 Å². The summed E-state index contributed by atoms with van der Waals surface area (Å²) in [5.74, 6) is 0.609. The number of para-hydroxylation sites is 2. The number of fused-ring (bicyclic) bond motifs is 10. The molecule has 0 atom stereocenters. The summed E-state index contributed by atoms with van der Waals surface area (Å²) in [6.45, 7) is 0. The molecule has 0 spiro atoms. The van der Waals surface area contributed by atoms with Gasteiger partial charge < -0.3 is 13.4 Å². The van der Waals surface area contributed by atoms with E-state index in [1.54, 1.807) is 0 Å². The van der Waals surface area contributed by atoms with Gasteiger partial charge in [0.05, 0.1) is 16.7 Å². The molecule has 12 rings (SSSR count). The molecule has 0 aliphatic rings. The Hall–Kier alpha value is -7.50. The predicted molar refractivity (Wildman–Crippen MR) is 225 cm³/mol. The molecule has 0 N–H and O–H groups in total. The van der Waals surface area contributed by atoms with Crippen molar-refractivity contribution in [3.05, 3.63) is 176 Å². The summed E-state index contributed by atoms with van der Waals surface area (Å²) in [7, 11) is 0. The monoisotopic (exact) mass is 703 g/mol. The maximum absolute atomic E-state index is 6.87. The second-order valence-electron chi connectivity index (χ2n) is 14.1. The molecule has 0 aliphatic carbocycles. The lowest BCUT2D eigenvalue weighted by molar-refractivity contribution is 0.666. The van der Waals surface area contributed by atoms with E-state index in [2.05, 4.69) is 144 Å². The van der Waals surface area contributed by atoms with Gasteiger partial charge in [0.15, 0.2) is 17.0 Å². The molecular formula is C50H29N3O2. The Labute approximate surface area is 314 Å². The minimum atomic E-state index is 0.609. The maximum Gasteiger partial charge on any atom is 0.180 e. The third-order valence-corrected chi connectivity index (χ3v) is 11.0. The molecule has 5 heteroatoms. The van der Waals surface area contributed by atoms with Crippen molar-refractivity contribution in [2.24, 2.45) is 0 Å². The SMILES string of the molecule is c1ccc(-c2ccc3c(c2)oc2c(-c4ccccc4)nc(-c4ccc(-n5c6ccccc6c6cc7ccccc7cc65)c5oc6ccccc6c45)nc23)cc1. The van der Waals surface area contributed by atoms with Crippen molar-refractivity contribution in [2.45, 2.75) is 0 Å². The highest BCUT2D eigenvalue weighted by Crippen LogP contribution is 2.44. The van der Waals surface area contributed by atoms with E-state index in [-0.39, 0.29) is 0 Å². The summed E-state index contributed by atoms with van der Waals surface area (Å²) >= 11 is 0. The molecule has 0 amide bonds. The molecule has 4 heterocycles. The summed E-state index contributed by atoms with van der Waals surface area (Å²) in [4.78, 5) is 10.7. The number of hydrogen-bond acceptors (Lipinski definition) is 4. The van der Waals surface area contributed by atoms with Crippen LogP contribution in [0, 0.1) is 0 Å². The van der Waals surface area contributed by atoms with E-state index in [4.69, 9.17) is 18.8 Å². The molecule has 0 fully saturated rings. The van der Waals surface area contributed by atoms with Gasteiger partial charge in [-0.2, -0.15) is 0 Å². The van der Waals surface area contributed by atoms with Gasteiger partial charge >= 0.3 is 0 Å². The topological polar surface area (TPSA) is 57.0 Å². The van der Waals surface area contributed by atoms with Crippen LogP contribution >= 0.6 is 0 Å². The van der Waals surface area contributed by atoms with Crippen LogP contribution in [0.2, 0.25) is 0 Å². The Morgan fingerprint density at radius 3 is 1.95 bits per heavy atom. The molecule has 0 radical (unpaired) electrons. The first-order chi connectivity index (χ1) is 27.3. The first-order valence-electron chi connectivity index (χ1n) is 18.5. The molecule has 256 valence electrons. The second kappa shape index (κ2) is 11.5. The summed E-state index contributed by atoms with van der Waals surface area (Å²) in [6, 6.07) is 61.3. The van der Waals surface area contributed by atoms with Gasteiger partial charge in [0.25, 0.3) is 0 Å². The summed E-state index contributed by atoms with van der Waals surface area (Å²) < 4.78 is 15.9. The van der Waals surface area contributed by atoms with Crippen LogP contribution in [0.1, 0.15) is 0 Å². The molecule has 4 aromatic heterocycles. The minimum Gasteiger partial charge on any atom is -0.454 e. The van der Waals surface area contributed by atoms with E-state index in [0.29, 0.717) is 11.4 Å². The average molecular weight is 704 g/mol. The fraction of sp³-hybridized carbons (Fsp3) is 0. The Morgan fingerprint density at radius 1 is 0.418 bits per heavy atom. The van der Waals surface area contributed by atoms with Crippen molar-refractivity contribution < 1.29 is 8.83 Å². The van der Waals surface area contributed by atoms with E-state index in [1.165, 1.54) is 21.5 Å². The summed E-state index contributed by atoms with van der Waals surface area (Å²) in [6.07, 6.45) is 0. The van der Waals surface area contributed by atoms with Gasteiger partial charge in [-0.1, -0.05) is 127 Å². The largest absolute Gasteiger partial charge is 0.454 e. The van der Waals surface area contributed by atoms with E-state index < -0.39 is 0 Å². The van der Waals surface area contributed by atoms with Gasteiger partial charge in [0, 0.05) is 38.1 Å². The highest BCUT2D eigenvalue weighted by molar-refractivity contribution is 6.18. The normalized spacial score (nSPS) is 12.0. The van der Waals surface area contributed by atoms with Crippen LogP contribution in [0.5, 0.6) is 0 Å². The van der Waals surface area contributed by atoms with Gasteiger partial charge in [0.1, 0.15) is 22.4 Å². The number of rotatable bonds is 4. The van der Waals surface area contributed by atoms with Crippen molar-refractivity contribution >= 4 is 76.6 Å². The highest BCUT2D eigenvalue weighted by Gasteiger charge is 2.24. The number of furan rings is 2. The van der Waals surface area contributed by atoms with E-state index in [1.807, 2.05) is 36.4 Å².